The van der Waals surface area contributed by atoms with Gasteiger partial charge in [-0.3, -0.25) is 0 Å². The molecule has 74 valence electrons. The molecule has 0 radical (unpaired) electrons. The van der Waals surface area contributed by atoms with Crippen molar-refractivity contribution in [3.8, 4) is 0 Å². The molecule has 0 unspecified atom stereocenters. The number of hydrogen-bond acceptors (Lipinski definition) is 4. The number of fused-ring (bicyclic) bond motifs is 1. The van der Waals surface area contributed by atoms with Crippen LogP contribution in [0.4, 0.5) is 5.82 Å². The summed E-state index contributed by atoms with van der Waals surface area (Å²) < 4.78 is 1.86. The molecule has 2 aromatic rings. The number of anilines is 1. The van der Waals surface area contributed by atoms with Crippen LogP contribution >= 0.6 is 0 Å². The summed E-state index contributed by atoms with van der Waals surface area (Å²) in [7, 11) is 0. The van der Waals surface area contributed by atoms with Crippen molar-refractivity contribution in [2.24, 2.45) is 0 Å². The lowest BCUT2D eigenvalue weighted by atomic mass is 10.3. The second-order valence-corrected chi connectivity index (χ2v) is 3.58. The Labute approximate surface area is 82.0 Å². The normalized spacial score (nSPS) is 11.4. The highest BCUT2D eigenvalue weighted by Gasteiger charge is 2.13. The zero-order valence-corrected chi connectivity index (χ0v) is 8.52. The van der Waals surface area contributed by atoms with E-state index in [1.54, 1.807) is 0 Å². The average molecular weight is 191 g/mol. The van der Waals surface area contributed by atoms with Crippen LogP contribution < -0.4 is 5.73 Å². The topological polar surface area (TPSA) is 69.6 Å². The fourth-order valence-corrected chi connectivity index (χ4v) is 1.53. The molecule has 0 aromatic carbocycles. The van der Waals surface area contributed by atoms with E-state index >= 15 is 0 Å². The van der Waals surface area contributed by atoms with Crippen LogP contribution in [0.5, 0.6) is 0 Å². The van der Waals surface area contributed by atoms with E-state index in [2.05, 4.69) is 28.9 Å². The van der Waals surface area contributed by atoms with Crippen molar-refractivity contribution in [3.05, 3.63) is 12.0 Å². The predicted octanol–water partition coefficient (Wildman–Crippen LogP) is 1.30. The molecular weight excluding hydrogens is 178 g/mol. The molecule has 2 rings (SSSR count). The first kappa shape index (κ1) is 8.93. The fraction of sp³-hybridized carbons (Fsp3) is 0.444. The van der Waals surface area contributed by atoms with Crippen molar-refractivity contribution in [2.75, 3.05) is 5.73 Å². The Hall–Kier alpha value is -1.65. The van der Waals surface area contributed by atoms with Crippen LogP contribution in [-0.4, -0.2) is 19.7 Å². The number of nitrogen functional groups attached to an aromatic ring is 1. The van der Waals surface area contributed by atoms with E-state index in [9.17, 15) is 0 Å². The Bertz CT molecular complexity index is 471. The van der Waals surface area contributed by atoms with Crippen molar-refractivity contribution in [2.45, 2.75) is 26.8 Å². The van der Waals surface area contributed by atoms with Crippen molar-refractivity contribution in [3.63, 3.8) is 0 Å². The molecule has 0 atom stereocenters. The smallest absolute Gasteiger partial charge is 0.163 e. The van der Waals surface area contributed by atoms with E-state index in [0.29, 0.717) is 5.82 Å². The molecule has 2 aromatic heterocycles. The number of nitrogens with zero attached hydrogens (tertiary/aromatic N) is 4. The molecule has 2 N–H and O–H groups in total. The molecule has 0 aliphatic carbocycles. The molecule has 0 saturated carbocycles. The molecule has 0 fully saturated rings. The van der Waals surface area contributed by atoms with Gasteiger partial charge in [-0.2, -0.15) is 5.10 Å². The molecule has 0 spiro atoms. The van der Waals surface area contributed by atoms with Crippen LogP contribution in [0, 0.1) is 6.92 Å². The lowest BCUT2D eigenvalue weighted by Crippen LogP contribution is -2.04. The van der Waals surface area contributed by atoms with Crippen LogP contribution in [0.2, 0.25) is 0 Å². The summed E-state index contributed by atoms with van der Waals surface area (Å²) in [5.41, 5.74) is 7.46. The van der Waals surface area contributed by atoms with Gasteiger partial charge in [-0.05, 0) is 20.8 Å². The van der Waals surface area contributed by atoms with E-state index in [-0.39, 0.29) is 6.04 Å². The van der Waals surface area contributed by atoms with Crippen molar-refractivity contribution in [1.82, 2.24) is 19.7 Å². The maximum Gasteiger partial charge on any atom is 0.163 e. The second-order valence-electron chi connectivity index (χ2n) is 3.58. The second kappa shape index (κ2) is 2.94. The minimum Gasteiger partial charge on any atom is -0.383 e. The summed E-state index contributed by atoms with van der Waals surface area (Å²) >= 11 is 0. The predicted molar refractivity (Wildman–Crippen MR) is 54.9 cm³/mol. The van der Waals surface area contributed by atoms with Gasteiger partial charge in [0.15, 0.2) is 5.65 Å². The third-order valence-electron chi connectivity index (χ3n) is 2.18. The first-order valence-corrected chi connectivity index (χ1v) is 4.56. The van der Waals surface area contributed by atoms with Crippen molar-refractivity contribution < 1.29 is 0 Å². The Balaban J connectivity index is 2.84. The van der Waals surface area contributed by atoms with Gasteiger partial charge in [-0.1, -0.05) is 0 Å². The standard InChI is InChI=1S/C9H13N5/c1-5(2)14-9-7(6(3)13-14)8(10)11-4-12-9/h4-5H,1-3H3,(H2,10,11,12). The highest BCUT2D eigenvalue weighted by atomic mass is 15.3. The Morgan fingerprint density at radius 3 is 2.71 bits per heavy atom. The van der Waals surface area contributed by atoms with Crippen LogP contribution in [-0.2, 0) is 0 Å². The van der Waals surface area contributed by atoms with E-state index < -0.39 is 0 Å². The summed E-state index contributed by atoms with van der Waals surface area (Å²) in [5, 5.41) is 5.25. The highest BCUT2D eigenvalue weighted by Crippen LogP contribution is 2.22. The minimum atomic E-state index is 0.278. The molecule has 2 heterocycles. The summed E-state index contributed by atoms with van der Waals surface area (Å²) in [6.45, 7) is 6.04. The summed E-state index contributed by atoms with van der Waals surface area (Å²) in [4.78, 5) is 8.15. The number of rotatable bonds is 1. The Kier molecular flexibility index (Phi) is 1.87. The first-order valence-electron chi connectivity index (χ1n) is 4.56. The van der Waals surface area contributed by atoms with Crippen LogP contribution in [0.3, 0.4) is 0 Å². The van der Waals surface area contributed by atoms with Gasteiger partial charge in [-0.25, -0.2) is 14.6 Å². The number of aromatic nitrogens is 4. The van der Waals surface area contributed by atoms with Gasteiger partial charge in [-0.15, -0.1) is 0 Å². The molecule has 0 saturated heterocycles. The monoisotopic (exact) mass is 191 g/mol. The van der Waals surface area contributed by atoms with Crippen LogP contribution in [0.15, 0.2) is 6.33 Å². The zero-order valence-electron chi connectivity index (χ0n) is 8.52. The minimum absolute atomic E-state index is 0.278. The molecule has 5 heteroatoms. The summed E-state index contributed by atoms with van der Waals surface area (Å²) in [5.74, 6) is 0.499. The molecule has 0 bridgehead atoms. The van der Waals surface area contributed by atoms with Gasteiger partial charge < -0.3 is 5.73 Å². The number of nitrogens with two attached hydrogens (primary N) is 1. The Morgan fingerprint density at radius 1 is 1.36 bits per heavy atom. The van der Waals surface area contributed by atoms with Gasteiger partial charge in [0.1, 0.15) is 12.1 Å². The third-order valence-corrected chi connectivity index (χ3v) is 2.18. The molecular formula is C9H13N5. The molecule has 0 amide bonds. The van der Waals surface area contributed by atoms with Gasteiger partial charge in [0.25, 0.3) is 0 Å². The van der Waals surface area contributed by atoms with Crippen LogP contribution in [0.25, 0.3) is 11.0 Å². The van der Waals surface area contributed by atoms with Gasteiger partial charge in [0.2, 0.25) is 0 Å². The third kappa shape index (κ3) is 1.13. The maximum atomic E-state index is 5.77. The van der Waals surface area contributed by atoms with E-state index in [1.165, 1.54) is 6.33 Å². The quantitative estimate of drug-likeness (QED) is 0.737. The maximum absolute atomic E-state index is 5.77. The SMILES string of the molecule is Cc1nn(C(C)C)c2ncnc(N)c12. The summed E-state index contributed by atoms with van der Waals surface area (Å²) in [6.07, 6.45) is 1.47. The van der Waals surface area contributed by atoms with Crippen LogP contribution in [0.1, 0.15) is 25.6 Å². The number of aryl methyl sites for hydroxylation is 1. The molecule has 5 nitrogen and oxygen atoms in total. The van der Waals surface area contributed by atoms with Gasteiger partial charge >= 0.3 is 0 Å². The first-order chi connectivity index (χ1) is 6.61. The van der Waals surface area contributed by atoms with Crippen molar-refractivity contribution >= 4 is 16.9 Å². The lowest BCUT2D eigenvalue weighted by Gasteiger charge is -2.05. The van der Waals surface area contributed by atoms with E-state index in [0.717, 1.165) is 16.7 Å². The molecule has 0 aliphatic rings. The van der Waals surface area contributed by atoms with Gasteiger partial charge in [0.05, 0.1) is 11.1 Å². The van der Waals surface area contributed by atoms with Crippen molar-refractivity contribution in [1.29, 1.82) is 0 Å². The molecule has 0 aliphatic heterocycles. The largest absolute Gasteiger partial charge is 0.383 e. The Morgan fingerprint density at radius 2 is 2.07 bits per heavy atom. The highest BCUT2D eigenvalue weighted by molar-refractivity contribution is 5.87. The van der Waals surface area contributed by atoms with Gasteiger partial charge in [0, 0.05) is 6.04 Å². The van der Waals surface area contributed by atoms with E-state index in [1.807, 2.05) is 11.6 Å². The fourth-order valence-electron chi connectivity index (χ4n) is 1.53. The zero-order chi connectivity index (χ0) is 10.3. The lowest BCUT2D eigenvalue weighted by molar-refractivity contribution is 0.542. The van der Waals surface area contributed by atoms with E-state index in [4.69, 9.17) is 5.73 Å². The number of hydrogen-bond donors (Lipinski definition) is 1. The molecule has 14 heavy (non-hydrogen) atoms. The summed E-state index contributed by atoms with van der Waals surface area (Å²) in [6, 6.07) is 0.278. The average Bonchev–Trinajstić information content (AvgIpc) is 2.45.